The van der Waals surface area contributed by atoms with E-state index in [4.69, 9.17) is 20.8 Å². The number of carbonyl (C=O) groups is 1. The first-order valence-electron chi connectivity index (χ1n) is 16.9. The van der Waals surface area contributed by atoms with Crippen LogP contribution in [0.4, 0.5) is 13.2 Å². The molecule has 1 aromatic carbocycles. The van der Waals surface area contributed by atoms with Gasteiger partial charge in [0.05, 0.1) is 18.9 Å². The first-order chi connectivity index (χ1) is 23.5. The van der Waals surface area contributed by atoms with Crippen LogP contribution in [-0.2, 0) is 10.2 Å². The van der Waals surface area contributed by atoms with Crippen LogP contribution < -0.4 is 10.5 Å². The monoisotopic (exact) mass is 695 g/mol. The van der Waals surface area contributed by atoms with Crippen LogP contribution >= 0.6 is 0 Å². The molecule has 12 heteroatoms. The maximum Gasteiger partial charge on any atom is 0.399 e. The Morgan fingerprint density at radius 1 is 1.12 bits per heavy atom. The van der Waals surface area contributed by atoms with E-state index in [2.05, 4.69) is 21.0 Å². The van der Waals surface area contributed by atoms with Gasteiger partial charge < -0.3 is 20.7 Å². The zero-order valence-electron chi connectivity index (χ0n) is 29.9. The van der Waals surface area contributed by atoms with Gasteiger partial charge >= 0.3 is 6.18 Å². The molecule has 0 saturated heterocycles. The number of amidine groups is 1. The molecule has 0 bridgehead atoms. The van der Waals surface area contributed by atoms with Crippen LogP contribution in [0.3, 0.4) is 0 Å². The summed E-state index contributed by atoms with van der Waals surface area (Å²) in [7, 11) is 0. The minimum atomic E-state index is -4.47. The van der Waals surface area contributed by atoms with E-state index in [0.29, 0.717) is 30.0 Å². The zero-order chi connectivity index (χ0) is 37.4. The standard InChI is InChI=1S/C21H30F3N3O2.C17H18N2O2/c1-5-7-14(12-13(3)4)19(28)27-18(25)15-8-9-16(29-6-2)26-17(15)20(10-11-20)21(22,23)24;1-10-4-14(8-19-15(10)7-18)17-11(2)5-13(6-12(17)3)16(21)9-20/h8-9,13-14H,5-7,10-12H2,1-4H3,(H2,25,27,28);4-6,8,16,20-21H,9H2,1-3H3/t14-;/m0./s1. The van der Waals surface area contributed by atoms with Crippen molar-refractivity contribution in [3.63, 3.8) is 0 Å². The van der Waals surface area contributed by atoms with Crippen molar-refractivity contribution < 1.29 is 32.9 Å². The molecule has 4 rings (SSSR count). The number of aliphatic imine (C=N–C) groups is 1. The van der Waals surface area contributed by atoms with E-state index < -0.39 is 23.6 Å². The maximum absolute atomic E-state index is 13.7. The Kier molecular flexibility index (Phi) is 13.7. The van der Waals surface area contributed by atoms with Crippen LogP contribution in [0.25, 0.3) is 11.1 Å². The molecule has 0 aliphatic heterocycles. The Balaban J connectivity index is 0.000000284. The summed E-state index contributed by atoms with van der Waals surface area (Å²) < 4.78 is 46.5. The van der Waals surface area contributed by atoms with Crippen LogP contribution in [0, 0.1) is 43.9 Å². The molecule has 1 saturated carbocycles. The lowest BCUT2D eigenvalue weighted by Gasteiger charge is -2.22. The number of nitrogens with two attached hydrogens (primary N) is 1. The van der Waals surface area contributed by atoms with Gasteiger partial charge in [-0.2, -0.15) is 23.4 Å². The number of hydrogen-bond acceptors (Lipinski definition) is 7. The Bertz CT molecular complexity index is 1710. The van der Waals surface area contributed by atoms with Crippen molar-refractivity contribution in [3.8, 4) is 23.1 Å². The Labute approximate surface area is 292 Å². The smallest absolute Gasteiger partial charge is 0.399 e. The van der Waals surface area contributed by atoms with Crippen molar-refractivity contribution in [1.82, 2.24) is 9.97 Å². The number of halogens is 3. The molecule has 9 nitrogen and oxygen atoms in total. The summed E-state index contributed by atoms with van der Waals surface area (Å²) in [5.41, 5.74) is 9.80. The number of benzene rings is 1. The summed E-state index contributed by atoms with van der Waals surface area (Å²) >= 11 is 0. The zero-order valence-corrected chi connectivity index (χ0v) is 29.9. The number of aliphatic hydroxyl groups is 2. The summed E-state index contributed by atoms with van der Waals surface area (Å²) in [5, 5.41) is 27.8. The topological polar surface area (TPSA) is 155 Å². The average Bonchev–Trinajstić information content (AvgIpc) is 3.87. The van der Waals surface area contributed by atoms with Gasteiger partial charge in [0.15, 0.2) is 0 Å². The molecule has 2 atom stereocenters. The number of aromatic nitrogens is 2. The number of carbonyl (C=O) groups excluding carboxylic acids is 1. The van der Waals surface area contributed by atoms with E-state index in [9.17, 15) is 23.1 Å². The summed E-state index contributed by atoms with van der Waals surface area (Å²) in [5.74, 6) is -0.509. The van der Waals surface area contributed by atoms with Gasteiger partial charge in [0.2, 0.25) is 5.88 Å². The van der Waals surface area contributed by atoms with Crippen LogP contribution in [-0.4, -0.2) is 51.3 Å². The fourth-order valence-electron chi connectivity index (χ4n) is 6.13. The quantitative estimate of drug-likeness (QED) is 0.131. The second-order valence-corrected chi connectivity index (χ2v) is 13.2. The number of nitrogens with zero attached hydrogens (tertiary/aromatic N) is 4. The molecule has 0 radical (unpaired) electrons. The van der Waals surface area contributed by atoms with Crippen molar-refractivity contribution >= 4 is 11.7 Å². The molecule has 270 valence electrons. The predicted octanol–water partition coefficient (Wildman–Crippen LogP) is 7.34. The minimum Gasteiger partial charge on any atom is -0.478 e. The van der Waals surface area contributed by atoms with E-state index in [1.807, 2.05) is 59.7 Å². The second-order valence-electron chi connectivity index (χ2n) is 13.2. The van der Waals surface area contributed by atoms with Gasteiger partial charge in [-0.05, 0) is 99.2 Å². The normalized spacial score (nSPS) is 15.1. The summed E-state index contributed by atoms with van der Waals surface area (Å²) in [4.78, 5) is 24.9. The van der Waals surface area contributed by atoms with Gasteiger partial charge in [-0.25, -0.2) is 9.97 Å². The molecule has 2 aromatic heterocycles. The number of hydrogen-bond donors (Lipinski definition) is 3. The number of pyridine rings is 2. The van der Waals surface area contributed by atoms with Gasteiger partial charge in [0.1, 0.15) is 29.1 Å². The number of ether oxygens (including phenoxy) is 1. The van der Waals surface area contributed by atoms with Crippen molar-refractivity contribution in [1.29, 1.82) is 5.26 Å². The molecular formula is C38H48F3N5O4. The van der Waals surface area contributed by atoms with E-state index in [1.54, 1.807) is 13.1 Å². The highest BCUT2D eigenvalue weighted by atomic mass is 19.4. The van der Waals surface area contributed by atoms with E-state index in [1.165, 1.54) is 12.1 Å². The third-order valence-corrected chi connectivity index (χ3v) is 8.74. The predicted molar refractivity (Wildman–Crippen MR) is 187 cm³/mol. The van der Waals surface area contributed by atoms with E-state index in [0.717, 1.165) is 34.2 Å². The minimum absolute atomic E-state index is 0.0522. The molecule has 4 N–H and O–H groups in total. The first kappa shape index (κ1) is 40.1. The lowest BCUT2D eigenvalue weighted by atomic mass is 9.92. The first-order valence-corrected chi connectivity index (χ1v) is 16.9. The van der Waals surface area contributed by atoms with Gasteiger partial charge in [-0.1, -0.05) is 39.3 Å². The molecule has 1 unspecified atom stereocenters. The van der Waals surface area contributed by atoms with Crippen LogP contribution in [0.5, 0.6) is 5.88 Å². The van der Waals surface area contributed by atoms with Crippen molar-refractivity contribution in [2.75, 3.05) is 13.2 Å². The van der Waals surface area contributed by atoms with Gasteiger partial charge in [0.25, 0.3) is 5.91 Å². The highest BCUT2D eigenvalue weighted by Crippen LogP contribution is 2.59. The second kappa shape index (κ2) is 17.1. The Morgan fingerprint density at radius 3 is 2.24 bits per heavy atom. The maximum atomic E-state index is 13.7. The van der Waals surface area contributed by atoms with E-state index in [-0.39, 0.29) is 54.9 Å². The Hall–Kier alpha value is -4.34. The van der Waals surface area contributed by atoms with Gasteiger partial charge in [0, 0.05) is 29.3 Å². The fourth-order valence-corrected chi connectivity index (χ4v) is 6.13. The summed E-state index contributed by atoms with van der Waals surface area (Å²) in [6.45, 7) is 13.5. The number of amides is 1. The Morgan fingerprint density at radius 2 is 1.76 bits per heavy atom. The largest absolute Gasteiger partial charge is 0.478 e. The summed E-state index contributed by atoms with van der Waals surface area (Å²) in [6, 6.07) is 10.6. The molecule has 50 heavy (non-hydrogen) atoms. The lowest BCUT2D eigenvalue weighted by molar-refractivity contribution is -0.161. The molecule has 1 fully saturated rings. The van der Waals surface area contributed by atoms with E-state index >= 15 is 0 Å². The molecule has 0 spiro atoms. The number of aryl methyl sites for hydroxylation is 3. The molecule has 1 amide bonds. The van der Waals surface area contributed by atoms with Crippen molar-refractivity contribution in [3.05, 3.63) is 75.7 Å². The van der Waals surface area contributed by atoms with Gasteiger partial charge in [-0.3, -0.25) is 4.79 Å². The molecule has 2 heterocycles. The molecule has 3 aromatic rings. The third-order valence-electron chi connectivity index (χ3n) is 8.74. The van der Waals surface area contributed by atoms with Crippen LogP contribution in [0.15, 0.2) is 41.5 Å². The molecule has 1 aliphatic carbocycles. The van der Waals surface area contributed by atoms with Crippen molar-refractivity contribution in [2.45, 2.75) is 98.3 Å². The highest BCUT2D eigenvalue weighted by molar-refractivity contribution is 6.05. The SMILES string of the molecule is CCC[C@@H](CC(C)C)C(=O)N=C(N)c1ccc(OCC)nc1C1(C(F)(F)F)CC1.Cc1cc(-c2c(C)cc(C(O)CO)cc2C)cnc1C#N. The fraction of sp³-hybridized carbons (Fsp3) is 0.500. The summed E-state index contributed by atoms with van der Waals surface area (Å²) in [6.07, 6.45) is -1.64. The number of rotatable bonds is 12. The molecule has 1 aliphatic rings. The van der Waals surface area contributed by atoms with Crippen LogP contribution in [0.2, 0.25) is 0 Å². The number of aliphatic hydroxyl groups excluding tert-OH is 2. The average molecular weight is 696 g/mol. The highest BCUT2D eigenvalue weighted by Gasteiger charge is 2.66. The third kappa shape index (κ3) is 9.46. The molecular weight excluding hydrogens is 647 g/mol. The number of alkyl halides is 3. The van der Waals surface area contributed by atoms with Crippen molar-refractivity contribution in [2.24, 2.45) is 22.6 Å². The number of nitriles is 1. The van der Waals surface area contributed by atoms with Crippen LogP contribution in [0.1, 0.15) is 105 Å². The van der Waals surface area contributed by atoms with Gasteiger partial charge in [-0.15, -0.1) is 0 Å². The lowest BCUT2D eigenvalue weighted by Crippen LogP contribution is -2.33.